The number of nitrogens with zero attached hydrogens (tertiary/aromatic N) is 1. The van der Waals surface area contributed by atoms with Gasteiger partial charge in [-0.3, -0.25) is 4.99 Å². The Morgan fingerprint density at radius 1 is 0.929 bits per heavy atom. The Balaban J connectivity index is 1.66. The van der Waals surface area contributed by atoms with Gasteiger partial charge in [0, 0.05) is 11.8 Å². The van der Waals surface area contributed by atoms with Crippen LogP contribution in [0.1, 0.15) is 57.8 Å². The number of hydrogen-bond donors (Lipinski definition) is 0. The molecule has 78 valence electrons. The fourth-order valence-corrected chi connectivity index (χ4v) is 3.63. The van der Waals surface area contributed by atoms with E-state index in [4.69, 9.17) is 4.99 Å². The Hall–Kier alpha value is -0.330. The number of aliphatic imine (C=N–C) groups is 1. The molecule has 0 aromatic rings. The van der Waals surface area contributed by atoms with Crippen molar-refractivity contribution in [2.75, 3.05) is 0 Å². The molecule has 0 heterocycles. The molecule has 1 nitrogen and oxygen atoms in total. The third-order valence-electron chi connectivity index (χ3n) is 4.43. The first-order valence-electron chi connectivity index (χ1n) is 6.48. The lowest BCUT2D eigenvalue weighted by atomic mass is 9.94. The molecule has 3 rings (SSSR count). The van der Waals surface area contributed by atoms with Crippen LogP contribution in [0, 0.1) is 11.8 Å². The maximum Gasteiger partial charge on any atom is 0.0499 e. The van der Waals surface area contributed by atoms with E-state index in [1.54, 1.807) is 5.71 Å². The molecule has 3 saturated carbocycles. The van der Waals surface area contributed by atoms with Crippen LogP contribution in [0.2, 0.25) is 0 Å². The fraction of sp³-hybridized carbons (Fsp3) is 0.923. The molecule has 0 radical (unpaired) electrons. The molecule has 0 saturated heterocycles. The summed E-state index contributed by atoms with van der Waals surface area (Å²) >= 11 is 0. The summed E-state index contributed by atoms with van der Waals surface area (Å²) in [5, 5.41) is 0. The maximum absolute atomic E-state index is 5.03. The van der Waals surface area contributed by atoms with E-state index in [2.05, 4.69) is 0 Å². The molecule has 3 aliphatic rings. The molecule has 0 aliphatic heterocycles. The Morgan fingerprint density at radius 3 is 2.43 bits per heavy atom. The van der Waals surface area contributed by atoms with Crippen molar-refractivity contribution in [3.05, 3.63) is 0 Å². The molecule has 0 aromatic heterocycles. The van der Waals surface area contributed by atoms with E-state index in [0.717, 1.165) is 17.9 Å². The van der Waals surface area contributed by atoms with Gasteiger partial charge in [0.15, 0.2) is 0 Å². The van der Waals surface area contributed by atoms with E-state index in [1.165, 1.54) is 57.8 Å². The second-order valence-electron chi connectivity index (χ2n) is 5.49. The van der Waals surface area contributed by atoms with Crippen molar-refractivity contribution in [1.29, 1.82) is 0 Å². The zero-order valence-electron chi connectivity index (χ0n) is 9.04. The van der Waals surface area contributed by atoms with Gasteiger partial charge < -0.3 is 0 Å². The molecule has 0 N–H and O–H groups in total. The summed E-state index contributed by atoms with van der Waals surface area (Å²) < 4.78 is 0. The fourth-order valence-electron chi connectivity index (χ4n) is 3.63. The number of fused-ring (bicyclic) bond motifs is 2. The monoisotopic (exact) mass is 191 g/mol. The van der Waals surface area contributed by atoms with Crippen LogP contribution in [0.4, 0.5) is 0 Å². The van der Waals surface area contributed by atoms with Gasteiger partial charge in [0.25, 0.3) is 0 Å². The van der Waals surface area contributed by atoms with Gasteiger partial charge in [0.05, 0.1) is 0 Å². The van der Waals surface area contributed by atoms with Gasteiger partial charge in [-0.1, -0.05) is 19.3 Å². The quantitative estimate of drug-likeness (QED) is 0.600. The third kappa shape index (κ3) is 1.62. The predicted octanol–water partition coefficient (Wildman–Crippen LogP) is 3.58. The van der Waals surface area contributed by atoms with E-state index in [9.17, 15) is 0 Å². The second-order valence-corrected chi connectivity index (χ2v) is 5.49. The van der Waals surface area contributed by atoms with E-state index in [0.29, 0.717) is 0 Å². The smallest absolute Gasteiger partial charge is 0.0499 e. The van der Waals surface area contributed by atoms with Gasteiger partial charge in [-0.25, -0.2) is 0 Å². The van der Waals surface area contributed by atoms with Crippen LogP contribution in [0.15, 0.2) is 4.99 Å². The molecular formula is C13H21N. The SMILES string of the molecule is C1CCC(N=C2CC3CCC2C3)CC1. The topological polar surface area (TPSA) is 12.4 Å². The minimum Gasteiger partial charge on any atom is -0.291 e. The zero-order chi connectivity index (χ0) is 9.38. The van der Waals surface area contributed by atoms with Crippen molar-refractivity contribution >= 4 is 5.71 Å². The van der Waals surface area contributed by atoms with Crippen LogP contribution in [0.25, 0.3) is 0 Å². The molecule has 0 spiro atoms. The van der Waals surface area contributed by atoms with E-state index >= 15 is 0 Å². The molecule has 2 atom stereocenters. The molecule has 14 heavy (non-hydrogen) atoms. The lowest BCUT2D eigenvalue weighted by Crippen LogP contribution is -2.16. The largest absolute Gasteiger partial charge is 0.291 e. The highest BCUT2D eigenvalue weighted by Crippen LogP contribution is 2.43. The summed E-state index contributed by atoms with van der Waals surface area (Å²) in [5.74, 6) is 1.95. The van der Waals surface area contributed by atoms with E-state index < -0.39 is 0 Å². The maximum atomic E-state index is 5.03. The first kappa shape index (κ1) is 8.94. The highest BCUT2D eigenvalue weighted by Gasteiger charge is 2.36. The second kappa shape index (κ2) is 3.67. The minimum atomic E-state index is 0.720. The van der Waals surface area contributed by atoms with E-state index in [-0.39, 0.29) is 0 Å². The van der Waals surface area contributed by atoms with Crippen LogP contribution in [-0.2, 0) is 0 Å². The van der Waals surface area contributed by atoms with Crippen molar-refractivity contribution in [1.82, 2.24) is 0 Å². The number of hydrogen-bond acceptors (Lipinski definition) is 1. The van der Waals surface area contributed by atoms with Crippen LogP contribution >= 0.6 is 0 Å². The third-order valence-corrected chi connectivity index (χ3v) is 4.43. The van der Waals surface area contributed by atoms with Gasteiger partial charge in [0.1, 0.15) is 0 Å². The molecule has 3 fully saturated rings. The highest BCUT2D eigenvalue weighted by molar-refractivity contribution is 5.89. The summed E-state index contributed by atoms with van der Waals surface area (Å²) in [4.78, 5) is 5.03. The minimum absolute atomic E-state index is 0.720. The normalized spacial score (nSPS) is 41.0. The predicted molar refractivity (Wildman–Crippen MR) is 59.8 cm³/mol. The average Bonchev–Trinajstić information content (AvgIpc) is 2.81. The molecule has 3 aliphatic carbocycles. The Labute approximate surface area is 87.0 Å². The Morgan fingerprint density at radius 2 is 1.79 bits per heavy atom. The standard InChI is InChI=1S/C13H21N/c1-2-4-12(5-3-1)14-13-9-10-6-7-11(13)8-10/h10-12H,1-9H2. The van der Waals surface area contributed by atoms with Crippen molar-refractivity contribution in [3.63, 3.8) is 0 Å². The molecule has 1 heteroatoms. The summed E-state index contributed by atoms with van der Waals surface area (Å²) in [5.41, 5.74) is 1.62. The summed E-state index contributed by atoms with van der Waals surface area (Å²) in [6.45, 7) is 0. The van der Waals surface area contributed by atoms with Gasteiger partial charge in [-0.2, -0.15) is 0 Å². The van der Waals surface area contributed by atoms with Gasteiger partial charge >= 0.3 is 0 Å². The lowest BCUT2D eigenvalue weighted by Gasteiger charge is -2.21. The van der Waals surface area contributed by atoms with Crippen molar-refractivity contribution < 1.29 is 0 Å². The molecule has 2 bridgehead atoms. The van der Waals surface area contributed by atoms with Crippen LogP contribution < -0.4 is 0 Å². The summed E-state index contributed by atoms with van der Waals surface area (Å²) in [7, 11) is 0. The van der Waals surface area contributed by atoms with Crippen LogP contribution in [-0.4, -0.2) is 11.8 Å². The molecule has 0 aromatic carbocycles. The van der Waals surface area contributed by atoms with Crippen molar-refractivity contribution in [2.45, 2.75) is 63.8 Å². The van der Waals surface area contributed by atoms with Gasteiger partial charge in [-0.15, -0.1) is 0 Å². The highest BCUT2D eigenvalue weighted by atomic mass is 14.8. The molecule has 0 amide bonds. The van der Waals surface area contributed by atoms with Gasteiger partial charge in [-0.05, 0) is 50.4 Å². The molecular weight excluding hydrogens is 170 g/mol. The van der Waals surface area contributed by atoms with Crippen LogP contribution in [0.5, 0.6) is 0 Å². The zero-order valence-corrected chi connectivity index (χ0v) is 9.04. The van der Waals surface area contributed by atoms with Crippen molar-refractivity contribution in [3.8, 4) is 0 Å². The van der Waals surface area contributed by atoms with Crippen molar-refractivity contribution in [2.24, 2.45) is 16.8 Å². The average molecular weight is 191 g/mol. The number of rotatable bonds is 1. The molecule has 2 unspecified atom stereocenters. The summed E-state index contributed by atoms with van der Waals surface area (Å²) in [6, 6.07) is 0.720. The first-order chi connectivity index (χ1) is 6.92. The van der Waals surface area contributed by atoms with Crippen LogP contribution in [0.3, 0.4) is 0 Å². The first-order valence-corrected chi connectivity index (χ1v) is 6.48. The van der Waals surface area contributed by atoms with Gasteiger partial charge in [0.2, 0.25) is 0 Å². The van der Waals surface area contributed by atoms with E-state index in [1.807, 2.05) is 0 Å². The summed E-state index contributed by atoms with van der Waals surface area (Å²) in [6.07, 6.45) is 12.8. The Bertz CT molecular complexity index is 238. The Kier molecular flexibility index (Phi) is 2.35. The lowest BCUT2D eigenvalue weighted by molar-refractivity contribution is 0.440.